The van der Waals surface area contributed by atoms with E-state index in [4.69, 9.17) is 18.9 Å². The van der Waals surface area contributed by atoms with Crippen LogP contribution in [0.5, 0.6) is 17.2 Å². The molecule has 4 aromatic rings. The number of rotatable bonds is 22. The molecular weight excluding hydrogens is 963 g/mol. The topological polar surface area (TPSA) is 264 Å². The summed E-state index contributed by atoms with van der Waals surface area (Å²) >= 11 is 1.34. The van der Waals surface area contributed by atoms with Crippen LogP contribution in [0.1, 0.15) is 59.7 Å². The fourth-order valence-electron chi connectivity index (χ4n) is 8.01. The van der Waals surface area contributed by atoms with E-state index in [9.17, 15) is 47.6 Å². The van der Waals surface area contributed by atoms with Crippen molar-refractivity contribution in [1.82, 2.24) is 15.1 Å². The van der Waals surface area contributed by atoms with Gasteiger partial charge in [-0.1, -0.05) is 6.07 Å². The third-order valence-corrected chi connectivity index (χ3v) is 12.9. The summed E-state index contributed by atoms with van der Waals surface area (Å²) in [6, 6.07) is 9.85. The Kier molecular flexibility index (Phi) is 15.9. The van der Waals surface area contributed by atoms with Gasteiger partial charge in [0.1, 0.15) is 24.5 Å². The number of nitro groups is 2. The molecule has 21 nitrogen and oxygen atoms in total. The molecular formula is C44H50BF2N7O14S2. The summed E-state index contributed by atoms with van der Waals surface area (Å²) in [7, 11) is 2.30. The maximum absolute atomic E-state index is 17.0. The zero-order valence-electron chi connectivity index (χ0n) is 38.8. The van der Waals surface area contributed by atoms with E-state index in [0.29, 0.717) is 32.8 Å². The van der Waals surface area contributed by atoms with E-state index in [-0.39, 0.29) is 52.9 Å². The quantitative estimate of drug-likeness (QED) is 0.0141. The van der Waals surface area contributed by atoms with Crippen molar-refractivity contribution in [2.45, 2.75) is 51.7 Å². The second-order valence-electron chi connectivity index (χ2n) is 17.4. The van der Waals surface area contributed by atoms with Gasteiger partial charge in [0.2, 0.25) is 11.8 Å². The minimum Gasteiger partial charge on any atom is -0.748 e. The van der Waals surface area contributed by atoms with Gasteiger partial charge >= 0.3 is 13.1 Å². The Hall–Kier alpha value is -7.03. The van der Waals surface area contributed by atoms with Crippen LogP contribution in [0, 0.1) is 27.2 Å². The molecule has 374 valence electrons. The van der Waals surface area contributed by atoms with Gasteiger partial charge in [-0.15, -0.1) is 11.3 Å². The number of hydrogen-bond donors (Lipinski definition) is 2. The lowest BCUT2D eigenvalue weighted by Gasteiger charge is -2.32. The van der Waals surface area contributed by atoms with Crippen molar-refractivity contribution in [3.8, 4) is 17.2 Å². The van der Waals surface area contributed by atoms with E-state index in [2.05, 4.69) is 31.8 Å². The second-order valence-corrected chi connectivity index (χ2v) is 19.8. The molecule has 0 fully saturated rings. The van der Waals surface area contributed by atoms with Crippen LogP contribution in [0.3, 0.4) is 0 Å². The molecule has 0 aliphatic carbocycles. The molecule has 2 atom stereocenters. The van der Waals surface area contributed by atoms with Gasteiger partial charge in [-0.3, -0.25) is 29.8 Å². The number of allylic oxidation sites excluding steroid dienone is 2. The highest BCUT2D eigenvalue weighted by atomic mass is 32.2. The van der Waals surface area contributed by atoms with Gasteiger partial charge in [-0.25, -0.2) is 13.2 Å². The molecule has 4 heterocycles. The summed E-state index contributed by atoms with van der Waals surface area (Å²) in [5.74, 6) is -3.71. The Bertz CT molecular complexity index is 2900. The van der Waals surface area contributed by atoms with Gasteiger partial charge in [0.15, 0.2) is 22.9 Å². The minimum absolute atomic E-state index is 0.0717. The number of amides is 2. The van der Waals surface area contributed by atoms with Crippen molar-refractivity contribution in [3.05, 3.63) is 125 Å². The number of aryl methyl sites for hydroxylation is 2. The molecule has 26 heteroatoms. The lowest BCUT2D eigenvalue weighted by molar-refractivity contribution is -0.870. The molecule has 0 saturated heterocycles. The number of methoxy groups -OCH3 is 1. The maximum atomic E-state index is 17.0. The molecule has 0 radical (unpaired) electrons. The molecule has 6 rings (SSSR count). The minimum atomic E-state index is -5.11. The molecule has 0 bridgehead atoms. The molecule has 0 saturated carbocycles. The monoisotopic (exact) mass is 1010 g/mol. The number of nitro benzene ring substituents is 2. The molecule has 2 N–H and O–H groups in total. The molecule has 0 spiro atoms. The zero-order valence-corrected chi connectivity index (χ0v) is 40.5. The Balaban J connectivity index is 1.09. The molecule has 2 aromatic heterocycles. The van der Waals surface area contributed by atoms with Crippen LogP contribution in [0.4, 0.5) is 24.8 Å². The van der Waals surface area contributed by atoms with Crippen LogP contribution in [0.15, 0.2) is 77.3 Å². The number of aromatic nitrogens is 1. The van der Waals surface area contributed by atoms with E-state index >= 15 is 8.63 Å². The smallest absolute Gasteiger partial charge is 0.737 e. The van der Waals surface area contributed by atoms with Crippen molar-refractivity contribution in [1.29, 1.82) is 0 Å². The maximum Gasteiger partial charge on any atom is 0.737 e. The van der Waals surface area contributed by atoms with Crippen molar-refractivity contribution in [2.75, 3.05) is 53.7 Å². The van der Waals surface area contributed by atoms with Gasteiger partial charge in [-0.2, -0.15) is 0 Å². The van der Waals surface area contributed by atoms with Gasteiger partial charge in [-0.05, 0) is 73.7 Å². The predicted molar refractivity (Wildman–Crippen MR) is 251 cm³/mol. The van der Waals surface area contributed by atoms with E-state index < -0.39 is 81.5 Å². The number of quaternary nitrogens is 1. The standard InChI is InChI=1S/C44H50BF2N7O14S2/c1-27-21-31(50-35(27)24-36-29(9-7-18-54(3,4)5)22-38(41-10-8-20-69-41)51(36)45(50,46)47)13-16-42(55)49-34(26-70(62,63)64)43(56)48-17-19-66-40-25-37(53(60)61)33(23-39(40)65-6)28(2)67-44(57)68-32-14-11-30(12-15-32)52(58)59/h8,10-12,14-15,20-25,28,34H,7,9,13,16-19,26H2,1-6H3,(H2-,48,49,55,56,62,63,64). The summed E-state index contributed by atoms with van der Waals surface area (Å²) in [5, 5.41) is 29.4. The van der Waals surface area contributed by atoms with E-state index in [1.165, 1.54) is 25.4 Å². The predicted octanol–water partition coefficient (Wildman–Crippen LogP) is 5.62. The first kappa shape index (κ1) is 52.3. The Labute approximate surface area is 404 Å². The lowest BCUT2D eigenvalue weighted by Crippen LogP contribution is -2.52. The van der Waals surface area contributed by atoms with Crippen LogP contribution in [0.25, 0.3) is 6.08 Å². The van der Waals surface area contributed by atoms with Crippen molar-refractivity contribution in [3.63, 3.8) is 0 Å². The first-order valence-electron chi connectivity index (χ1n) is 21.7. The van der Waals surface area contributed by atoms with Crippen molar-refractivity contribution < 1.29 is 73.7 Å². The summed E-state index contributed by atoms with van der Waals surface area (Å²) in [5.41, 5.74) is 1.53. The largest absolute Gasteiger partial charge is 0.748 e. The van der Waals surface area contributed by atoms with Crippen LogP contribution < -0.4 is 24.8 Å². The Morgan fingerprint density at radius 1 is 1.00 bits per heavy atom. The molecule has 2 aliphatic rings. The number of carbonyl (C=O) groups excluding carboxylic acids is 3. The number of carbonyl (C=O) groups is 3. The average Bonchev–Trinajstić information content (AvgIpc) is 4.02. The van der Waals surface area contributed by atoms with Crippen LogP contribution in [0.2, 0.25) is 0 Å². The molecule has 70 heavy (non-hydrogen) atoms. The van der Waals surface area contributed by atoms with Crippen molar-refractivity contribution >= 4 is 69.6 Å². The first-order valence-corrected chi connectivity index (χ1v) is 24.1. The van der Waals surface area contributed by atoms with E-state index in [0.717, 1.165) is 63.9 Å². The molecule has 2 amide bonds. The van der Waals surface area contributed by atoms with Crippen LogP contribution >= 0.6 is 11.3 Å². The van der Waals surface area contributed by atoms with E-state index in [1.54, 1.807) is 31.2 Å². The summed E-state index contributed by atoms with van der Waals surface area (Å²) in [6.07, 6.45) is 1.62. The number of thiophene rings is 1. The van der Waals surface area contributed by atoms with Crippen LogP contribution in [-0.2, 0) is 30.9 Å². The highest BCUT2D eigenvalue weighted by Gasteiger charge is 2.54. The summed E-state index contributed by atoms with van der Waals surface area (Å²) in [6.45, 7) is -1.44. The van der Waals surface area contributed by atoms with E-state index in [1.807, 2.05) is 11.5 Å². The Morgan fingerprint density at radius 3 is 2.33 bits per heavy atom. The molecule has 2 aliphatic heterocycles. The third kappa shape index (κ3) is 12.6. The first-order chi connectivity index (χ1) is 32.9. The summed E-state index contributed by atoms with van der Waals surface area (Å²) < 4.78 is 93.5. The highest BCUT2D eigenvalue weighted by molar-refractivity contribution is 7.85. The number of nitrogens with one attached hydrogen (secondary N) is 2. The SMILES string of the molecule is COc1cc(C(C)OC(=O)Oc2ccc([N+](=O)[O-])cc2)c([N+](=O)[O-])cc1OCCNC(=O)C(CS(=O)(=O)[O-])NC(=O)CCc1cc(C)c2n1[B-](F)(F)[N+]1=C(c3cccs3)C=C(CCC[N+](C)(C)C)C1=C2. The zero-order chi connectivity index (χ0) is 51.3. The average molecular weight is 1010 g/mol. The fourth-order valence-corrected chi connectivity index (χ4v) is 9.39. The Morgan fingerprint density at radius 2 is 1.71 bits per heavy atom. The lowest BCUT2D eigenvalue weighted by atomic mass is 9.88. The van der Waals surface area contributed by atoms with Gasteiger partial charge in [0, 0.05) is 48.4 Å². The van der Waals surface area contributed by atoms with Gasteiger partial charge < -0.3 is 56.2 Å². The number of non-ortho nitro benzene ring substituents is 1. The second kappa shape index (κ2) is 21.3. The van der Waals surface area contributed by atoms with Crippen molar-refractivity contribution in [2.24, 2.45) is 0 Å². The van der Waals surface area contributed by atoms with Gasteiger partial charge in [0.25, 0.3) is 11.4 Å². The normalized spacial score (nSPS) is 14.9. The number of hydrogen-bond acceptors (Lipinski definition) is 15. The number of fused-ring (bicyclic) bond motifs is 2. The number of halogens is 2. The number of nitrogens with zero attached hydrogens (tertiary/aromatic N) is 5. The molecule has 2 unspecified atom stereocenters. The fraction of sp³-hybridized carbons (Fsp3) is 0.364. The summed E-state index contributed by atoms with van der Waals surface area (Å²) in [4.78, 5) is 61.2. The van der Waals surface area contributed by atoms with Crippen LogP contribution in [-0.4, -0.2) is 127 Å². The number of benzene rings is 2. The highest BCUT2D eigenvalue weighted by Crippen LogP contribution is 2.41. The molecule has 2 aromatic carbocycles. The van der Waals surface area contributed by atoms with Gasteiger partial charge in [0.05, 0.1) is 83.6 Å². The third-order valence-electron chi connectivity index (χ3n) is 11.2. The number of ether oxygens (including phenoxy) is 4.